The van der Waals surface area contributed by atoms with Gasteiger partial charge in [0, 0.05) is 18.1 Å². The van der Waals surface area contributed by atoms with E-state index in [4.69, 9.17) is 5.26 Å². The normalized spacial score (nSPS) is 10.8. The number of aromatic amines is 1. The third-order valence-corrected chi connectivity index (χ3v) is 2.44. The van der Waals surface area contributed by atoms with Gasteiger partial charge in [0.15, 0.2) is 0 Å². The third-order valence-electron chi connectivity index (χ3n) is 2.44. The first-order valence-electron chi connectivity index (χ1n) is 5.73. The Hall–Kier alpha value is -2.87. The van der Waals surface area contributed by atoms with Gasteiger partial charge in [0.05, 0.1) is 12.2 Å². The van der Waals surface area contributed by atoms with Crippen LogP contribution in [-0.2, 0) is 11.3 Å². The van der Waals surface area contributed by atoms with Gasteiger partial charge in [-0.1, -0.05) is 6.07 Å². The number of amides is 1. The molecule has 0 aliphatic rings. The zero-order valence-corrected chi connectivity index (χ0v) is 10.1. The molecule has 0 radical (unpaired) electrons. The molecule has 1 amide bonds. The Morgan fingerprint density at radius 2 is 2.32 bits per heavy atom. The number of hydrogen-bond acceptors (Lipinski definition) is 3. The van der Waals surface area contributed by atoms with Crippen molar-refractivity contribution in [3.05, 3.63) is 59.7 Å². The van der Waals surface area contributed by atoms with Crippen LogP contribution in [0.15, 0.2) is 48.3 Å². The molecular weight excluding hydrogens is 240 g/mol. The fraction of sp³-hybridized carbons (Fsp3) is 0.0714. The summed E-state index contributed by atoms with van der Waals surface area (Å²) >= 11 is 0. The number of hydrogen-bond donors (Lipinski definition) is 2. The van der Waals surface area contributed by atoms with Gasteiger partial charge >= 0.3 is 0 Å². The number of pyridine rings is 1. The van der Waals surface area contributed by atoms with Gasteiger partial charge in [-0.3, -0.25) is 9.78 Å². The molecule has 2 aromatic rings. The van der Waals surface area contributed by atoms with Crippen LogP contribution in [0.2, 0.25) is 0 Å². The van der Waals surface area contributed by atoms with E-state index in [1.807, 2.05) is 12.1 Å². The van der Waals surface area contributed by atoms with Gasteiger partial charge in [0.2, 0.25) is 0 Å². The van der Waals surface area contributed by atoms with Crippen molar-refractivity contribution in [3.8, 4) is 6.07 Å². The molecule has 0 aromatic carbocycles. The van der Waals surface area contributed by atoms with Gasteiger partial charge in [-0.2, -0.15) is 5.26 Å². The van der Waals surface area contributed by atoms with Crippen molar-refractivity contribution in [2.75, 3.05) is 0 Å². The Morgan fingerprint density at radius 3 is 2.95 bits per heavy atom. The fourth-order valence-corrected chi connectivity index (χ4v) is 1.51. The van der Waals surface area contributed by atoms with E-state index in [9.17, 15) is 4.79 Å². The van der Waals surface area contributed by atoms with Gasteiger partial charge in [-0.15, -0.1) is 0 Å². The largest absolute Gasteiger partial charge is 0.362 e. The maximum absolute atomic E-state index is 11.8. The molecule has 19 heavy (non-hydrogen) atoms. The molecule has 0 unspecified atom stereocenters. The van der Waals surface area contributed by atoms with E-state index in [0.29, 0.717) is 12.2 Å². The maximum Gasteiger partial charge on any atom is 0.262 e. The van der Waals surface area contributed by atoms with Crippen LogP contribution in [0.3, 0.4) is 0 Å². The second kappa shape index (κ2) is 6.17. The van der Waals surface area contributed by atoms with Crippen molar-refractivity contribution in [2.24, 2.45) is 0 Å². The summed E-state index contributed by atoms with van der Waals surface area (Å²) in [7, 11) is 0. The Morgan fingerprint density at radius 1 is 1.42 bits per heavy atom. The lowest BCUT2D eigenvalue weighted by Gasteiger charge is -2.03. The van der Waals surface area contributed by atoms with Gasteiger partial charge in [0.25, 0.3) is 5.91 Å². The van der Waals surface area contributed by atoms with E-state index in [-0.39, 0.29) is 5.57 Å². The molecule has 0 spiro atoms. The van der Waals surface area contributed by atoms with E-state index in [2.05, 4.69) is 15.3 Å². The molecule has 0 aliphatic carbocycles. The molecule has 2 heterocycles. The Balaban J connectivity index is 2.01. The van der Waals surface area contributed by atoms with Crippen molar-refractivity contribution < 1.29 is 4.79 Å². The molecular formula is C14H12N4O. The van der Waals surface area contributed by atoms with E-state index in [1.54, 1.807) is 36.7 Å². The summed E-state index contributed by atoms with van der Waals surface area (Å²) in [5, 5.41) is 11.6. The summed E-state index contributed by atoms with van der Waals surface area (Å²) in [6, 6.07) is 10.9. The first-order chi connectivity index (χ1) is 9.29. The quantitative estimate of drug-likeness (QED) is 0.641. The molecule has 2 N–H and O–H groups in total. The number of rotatable bonds is 4. The number of H-pyrrole nitrogens is 1. The highest BCUT2D eigenvalue weighted by atomic mass is 16.1. The third kappa shape index (κ3) is 3.54. The molecule has 2 aromatic heterocycles. The second-order valence-corrected chi connectivity index (χ2v) is 3.80. The zero-order valence-electron chi connectivity index (χ0n) is 10.1. The predicted molar refractivity (Wildman–Crippen MR) is 70.5 cm³/mol. The van der Waals surface area contributed by atoms with Gasteiger partial charge in [-0.25, -0.2) is 0 Å². The zero-order chi connectivity index (χ0) is 13.5. The van der Waals surface area contributed by atoms with Crippen molar-refractivity contribution in [1.82, 2.24) is 15.3 Å². The lowest BCUT2D eigenvalue weighted by Crippen LogP contribution is -2.24. The molecule has 0 aliphatic heterocycles. The van der Waals surface area contributed by atoms with Crippen LogP contribution in [0.1, 0.15) is 11.4 Å². The van der Waals surface area contributed by atoms with Crippen LogP contribution < -0.4 is 5.32 Å². The lowest BCUT2D eigenvalue weighted by molar-refractivity contribution is -0.117. The van der Waals surface area contributed by atoms with Crippen molar-refractivity contribution >= 4 is 12.0 Å². The number of aromatic nitrogens is 2. The Kier molecular flexibility index (Phi) is 4.09. The van der Waals surface area contributed by atoms with Crippen molar-refractivity contribution in [3.63, 3.8) is 0 Å². The van der Waals surface area contributed by atoms with Crippen LogP contribution in [-0.4, -0.2) is 15.9 Å². The van der Waals surface area contributed by atoms with Crippen molar-refractivity contribution in [1.29, 1.82) is 5.26 Å². The monoisotopic (exact) mass is 252 g/mol. The minimum Gasteiger partial charge on any atom is -0.362 e. The predicted octanol–water partition coefficient (Wildman–Crippen LogP) is 1.63. The summed E-state index contributed by atoms with van der Waals surface area (Å²) in [6.45, 7) is 0.295. The number of nitrogens with zero attached hydrogens (tertiary/aromatic N) is 2. The molecule has 5 heteroatoms. The summed E-state index contributed by atoms with van der Waals surface area (Å²) in [4.78, 5) is 18.8. The summed E-state index contributed by atoms with van der Waals surface area (Å²) in [6.07, 6.45) is 4.89. The molecule has 0 fully saturated rings. The number of nitrogens with one attached hydrogen (secondary N) is 2. The SMILES string of the molecule is N#C/C(=C\c1ccc[nH]1)C(=O)NCc1ccccn1. The topological polar surface area (TPSA) is 81.6 Å². The first-order valence-corrected chi connectivity index (χ1v) is 5.73. The average Bonchev–Trinajstić information content (AvgIpc) is 2.96. The van der Waals surface area contributed by atoms with E-state index >= 15 is 0 Å². The highest BCUT2D eigenvalue weighted by molar-refractivity contribution is 6.01. The summed E-state index contributed by atoms with van der Waals surface area (Å²) in [5.41, 5.74) is 1.51. The number of carbonyl (C=O) groups is 1. The molecule has 5 nitrogen and oxygen atoms in total. The second-order valence-electron chi connectivity index (χ2n) is 3.80. The van der Waals surface area contributed by atoms with Crippen molar-refractivity contribution in [2.45, 2.75) is 6.54 Å². The number of carbonyl (C=O) groups excluding carboxylic acids is 1. The van der Waals surface area contributed by atoms with Crippen LogP contribution in [0.25, 0.3) is 6.08 Å². The maximum atomic E-state index is 11.8. The van der Waals surface area contributed by atoms with Crippen LogP contribution in [0.4, 0.5) is 0 Å². The smallest absolute Gasteiger partial charge is 0.262 e. The van der Waals surface area contributed by atoms with Crippen LogP contribution in [0, 0.1) is 11.3 Å². The molecule has 0 saturated heterocycles. The van der Waals surface area contributed by atoms with Crippen LogP contribution in [0.5, 0.6) is 0 Å². The van der Waals surface area contributed by atoms with Gasteiger partial charge in [-0.05, 0) is 30.3 Å². The molecule has 0 atom stereocenters. The minimum absolute atomic E-state index is 0.0541. The highest BCUT2D eigenvalue weighted by Crippen LogP contribution is 2.04. The Bertz CT molecular complexity index is 609. The Labute approximate surface area is 110 Å². The molecule has 2 rings (SSSR count). The average molecular weight is 252 g/mol. The number of nitriles is 1. The van der Waals surface area contributed by atoms with E-state index in [1.165, 1.54) is 6.08 Å². The van der Waals surface area contributed by atoms with E-state index < -0.39 is 5.91 Å². The lowest BCUT2D eigenvalue weighted by atomic mass is 10.2. The molecule has 0 bridgehead atoms. The first kappa shape index (κ1) is 12.6. The standard InChI is InChI=1S/C14H12N4O/c15-9-11(8-12-5-3-7-16-12)14(19)18-10-13-4-1-2-6-17-13/h1-8,16H,10H2,(H,18,19)/b11-8+. The van der Waals surface area contributed by atoms with Gasteiger partial charge < -0.3 is 10.3 Å². The van der Waals surface area contributed by atoms with Crippen LogP contribution >= 0.6 is 0 Å². The molecule has 0 saturated carbocycles. The molecule has 94 valence electrons. The van der Waals surface area contributed by atoms with Gasteiger partial charge in [0.1, 0.15) is 11.6 Å². The summed E-state index contributed by atoms with van der Waals surface area (Å²) < 4.78 is 0. The highest BCUT2D eigenvalue weighted by Gasteiger charge is 2.08. The fourth-order valence-electron chi connectivity index (χ4n) is 1.51. The summed E-state index contributed by atoms with van der Waals surface area (Å²) in [5.74, 6) is -0.414. The van der Waals surface area contributed by atoms with E-state index in [0.717, 1.165) is 5.69 Å². The minimum atomic E-state index is -0.414.